The quantitative estimate of drug-likeness (QED) is 0.707. The summed E-state index contributed by atoms with van der Waals surface area (Å²) in [5.74, 6) is 0.935. The van der Waals surface area contributed by atoms with Crippen molar-refractivity contribution in [3.63, 3.8) is 0 Å². The van der Waals surface area contributed by atoms with Crippen molar-refractivity contribution in [3.8, 4) is 5.75 Å². The molecule has 0 aliphatic heterocycles. The molecule has 2 aromatic rings. The fourth-order valence-electron chi connectivity index (χ4n) is 2.06. The molecule has 23 heavy (non-hydrogen) atoms. The maximum absolute atomic E-state index is 12.0. The van der Waals surface area contributed by atoms with Gasteiger partial charge in [-0.15, -0.1) is 11.3 Å². The van der Waals surface area contributed by atoms with Gasteiger partial charge in [0.1, 0.15) is 17.4 Å². The number of amides is 1. The summed E-state index contributed by atoms with van der Waals surface area (Å²) < 4.78 is 10.8. The van der Waals surface area contributed by atoms with Gasteiger partial charge in [0.15, 0.2) is 0 Å². The Morgan fingerprint density at radius 2 is 2.09 bits per heavy atom. The van der Waals surface area contributed by atoms with Gasteiger partial charge in [-0.25, -0.2) is 4.98 Å². The van der Waals surface area contributed by atoms with E-state index >= 15 is 0 Å². The zero-order valence-corrected chi connectivity index (χ0v) is 14.3. The molecule has 0 spiro atoms. The molecular formula is C17H22N2O3S. The fourth-order valence-corrected chi connectivity index (χ4v) is 2.76. The van der Waals surface area contributed by atoms with Crippen LogP contribution >= 0.6 is 11.3 Å². The normalized spacial score (nSPS) is 10.5. The van der Waals surface area contributed by atoms with Crippen molar-refractivity contribution in [1.82, 2.24) is 9.88 Å². The Morgan fingerprint density at radius 1 is 1.30 bits per heavy atom. The Bertz CT molecular complexity index is 601. The van der Waals surface area contributed by atoms with Gasteiger partial charge in [0.2, 0.25) is 5.91 Å². The van der Waals surface area contributed by atoms with Gasteiger partial charge in [0.05, 0.1) is 18.8 Å². The highest BCUT2D eigenvalue weighted by molar-refractivity contribution is 7.09. The van der Waals surface area contributed by atoms with E-state index in [2.05, 4.69) is 4.98 Å². The third-order valence-electron chi connectivity index (χ3n) is 3.28. The predicted molar refractivity (Wildman–Crippen MR) is 90.5 cm³/mol. The van der Waals surface area contributed by atoms with Gasteiger partial charge in [0.25, 0.3) is 0 Å². The minimum atomic E-state index is 0.108. The number of hydrogen-bond acceptors (Lipinski definition) is 5. The number of carbonyl (C=O) groups is 1. The molecule has 1 aromatic carbocycles. The van der Waals surface area contributed by atoms with Gasteiger partial charge in [-0.1, -0.05) is 25.1 Å². The molecule has 0 N–H and O–H groups in total. The highest BCUT2D eigenvalue weighted by Crippen LogP contribution is 2.16. The molecule has 0 atom stereocenters. The van der Waals surface area contributed by atoms with E-state index in [1.807, 2.05) is 42.6 Å². The molecular weight excluding hydrogens is 312 g/mol. The first kappa shape index (κ1) is 17.4. The van der Waals surface area contributed by atoms with E-state index in [-0.39, 0.29) is 5.91 Å². The molecule has 124 valence electrons. The Morgan fingerprint density at radius 3 is 2.78 bits per heavy atom. The van der Waals surface area contributed by atoms with Crippen LogP contribution in [0, 0.1) is 0 Å². The lowest BCUT2D eigenvalue weighted by Crippen LogP contribution is -2.33. The summed E-state index contributed by atoms with van der Waals surface area (Å²) >= 11 is 1.55. The second-order valence-corrected chi connectivity index (χ2v) is 5.94. The van der Waals surface area contributed by atoms with Gasteiger partial charge >= 0.3 is 0 Å². The number of methoxy groups -OCH3 is 1. The number of nitrogens with zero attached hydrogens (tertiary/aromatic N) is 2. The highest BCUT2D eigenvalue weighted by atomic mass is 32.1. The summed E-state index contributed by atoms with van der Waals surface area (Å²) in [5.41, 5.74) is 0.888. The van der Waals surface area contributed by atoms with E-state index in [0.717, 1.165) is 16.5 Å². The van der Waals surface area contributed by atoms with Gasteiger partial charge in [0, 0.05) is 25.5 Å². The van der Waals surface area contributed by atoms with E-state index in [9.17, 15) is 4.79 Å². The lowest BCUT2D eigenvalue weighted by atomic mass is 10.3. The lowest BCUT2D eigenvalue weighted by molar-refractivity contribution is -0.132. The van der Waals surface area contributed by atoms with Crippen molar-refractivity contribution >= 4 is 17.2 Å². The van der Waals surface area contributed by atoms with E-state index in [1.165, 1.54) is 0 Å². The zero-order valence-electron chi connectivity index (χ0n) is 13.5. The molecule has 1 amide bonds. The predicted octanol–water partition coefficient (Wildman–Crippen LogP) is 3.11. The van der Waals surface area contributed by atoms with Crippen LogP contribution in [0.5, 0.6) is 5.75 Å². The number of aromatic nitrogens is 1. The number of carbonyl (C=O) groups excluding carboxylic acids is 1. The largest absolute Gasteiger partial charge is 0.486 e. The number of thiazole rings is 1. The smallest absolute Gasteiger partial charge is 0.222 e. The van der Waals surface area contributed by atoms with Gasteiger partial charge in [-0.05, 0) is 12.1 Å². The second kappa shape index (κ2) is 9.27. The molecule has 1 heterocycles. The summed E-state index contributed by atoms with van der Waals surface area (Å²) in [6, 6.07) is 9.66. The van der Waals surface area contributed by atoms with Crippen LogP contribution in [0.2, 0.25) is 0 Å². The summed E-state index contributed by atoms with van der Waals surface area (Å²) in [7, 11) is 1.64. The summed E-state index contributed by atoms with van der Waals surface area (Å²) in [6.45, 7) is 3.92. The molecule has 0 unspecified atom stereocenters. The number of benzene rings is 1. The van der Waals surface area contributed by atoms with E-state index in [1.54, 1.807) is 23.3 Å². The summed E-state index contributed by atoms with van der Waals surface area (Å²) in [6.07, 6.45) is 0.484. The Hall–Kier alpha value is -1.92. The highest BCUT2D eigenvalue weighted by Gasteiger charge is 2.14. The topological polar surface area (TPSA) is 51.7 Å². The maximum Gasteiger partial charge on any atom is 0.222 e. The molecule has 0 saturated carbocycles. The van der Waals surface area contributed by atoms with Gasteiger partial charge < -0.3 is 14.4 Å². The Labute approximate surface area is 140 Å². The first-order valence-electron chi connectivity index (χ1n) is 7.60. The number of hydrogen-bond donors (Lipinski definition) is 0. The monoisotopic (exact) mass is 334 g/mol. The average Bonchev–Trinajstić information content (AvgIpc) is 3.04. The molecule has 2 rings (SSSR count). The minimum Gasteiger partial charge on any atom is -0.486 e. The van der Waals surface area contributed by atoms with Crippen LogP contribution in [0.1, 0.15) is 24.0 Å². The Kier molecular flexibility index (Phi) is 7.03. The number of ether oxygens (including phenoxy) is 2. The summed E-state index contributed by atoms with van der Waals surface area (Å²) in [4.78, 5) is 18.3. The molecule has 0 bridgehead atoms. The summed E-state index contributed by atoms with van der Waals surface area (Å²) in [5, 5.41) is 2.88. The second-order valence-electron chi connectivity index (χ2n) is 5.00. The van der Waals surface area contributed by atoms with Crippen molar-refractivity contribution < 1.29 is 14.3 Å². The van der Waals surface area contributed by atoms with Crippen molar-refractivity contribution in [1.29, 1.82) is 0 Å². The standard InChI is InChI=1S/C17H22N2O3S/c1-3-17(20)19(9-10-21-2)11-14-13-23-16(18-14)12-22-15-7-5-4-6-8-15/h4-8,13H,3,9-12H2,1-2H3. The molecule has 1 aromatic heterocycles. The Balaban J connectivity index is 1.90. The first-order chi connectivity index (χ1) is 11.2. The van der Waals surface area contributed by atoms with Crippen LogP contribution < -0.4 is 4.74 Å². The molecule has 0 aliphatic rings. The van der Waals surface area contributed by atoms with Crippen LogP contribution in [0.3, 0.4) is 0 Å². The number of para-hydroxylation sites is 1. The molecule has 6 heteroatoms. The van der Waals surface area contributed by atoms with Crippen molar-refractivity contribution in [3.05, 3.63) is 46.4 Å². The minimum absolute atomic E-state index is 0.108. The van der Waals surface area contributed by atoms with E-state index < -0.39 is 0 Å². The van der Waals surface area contributed by atoms with Crippen LogP contribution in [-0.4, -0.2) is 36.1 Å². The van der Waals surface area contributed by atoms with Gasteiger partial charge in [-0.2, -0.15) is 0 Å². The molecule has 0 saturated heterocycles. The first-order valence-corrected chi connectivity index (χ1v) is 8.48. The van der Waals surface area contributed by atoms with Crippen LogP contribution in [0.4, 0.5) is 0 Å². The lowest BCUT2D eigenvalue weighted by Gasteiger charge is -2.20. The fraction of sp³-hybridized carbons (Fsp3) is 0.412. The molecule has 0 fully saturated rings. The van der Waals surface area contributed by atoms with Crippen LogP contribution in [0.25, 0.3) is 0 Å². The zero-order chi connectivity index (χ0) is 16.5. The average molecular weight is 334 g/mol. The third kappa shape index (κ3) is 5.65. The van der Waals surface area contributed by atoms with Crippen molar-refractivity contribution in [2.24, 2.45) is 0 Å². The molecule has 0 radical (unpaired) electrons. The van der Waals surface area contributed by atoms with Gasteiger partial charge in [-0.3, -0.25) is 4.79 Å². The maximum atomic E-state index is 12.0. The SMILES string of the molecule is CCC(=O)N(CCOC)Cc1csc(COc2ccccc2)n1. The van der Waals surface area contributed by atoms with E-state index in [0.29, 0.717) is 32.7 Å². The van der Waals surface area contributed by atoms with E-state index in [4.69, 9.17) is 9.47 Å². The third-order valence-corrected chi connectivity index (χ3v) is 4.15. The molecule has 0 aliphatic carbocycles. The van der Waals surface area contributed by atoms with Crippen molar-refractivity contribution in [2.45, 2.75) is 26.5 Å². The van der Waals surface area contributed by atoms with Crippen LogP contribution in [-0.2, 0) is 22.7 Å². The van der Waals surface area contributed by atoms with Crippen molar-refractivity contribution in [2.75, 3.05) is 20.3 Å². The molecule has 5 nitrogen and oxygen atoms in total. The number of rotatable bonds is 9. The van der Waals surface area contributed by atoms with Crippen LogP contribution in [0.15, 0.2) is 35.7 Å².